The highest BCUT2D eigenvalue weighted by molar-refractivity contribution is 7.13. The van der Waals surface area contributed by atoms with Gasteiger partial charge in [0.2, 0.25) is 5.91 Å². The van der Waals surface area contributed by atoms with Crippen molar-refractivity contribution in [2.45, 2.75) is 25.7 Å². The first-order valence-corrected chi connectivity index (χ1v) is 9.46. The van der Waals surface area contributed by atoms with Gasteiger partial charge in [0, 0.05) is 30.6 Å². The molecule has 3 amide bonds. The minimum atomic E-state index is -0.357. The molecule has 1 aromatic carbocycles. The molecule has 0 aliphatic carbocycles. The number of thiazole rings is 1. The Balaban J connectivity index is 1.46. The second-order valence-electron chi connectivity index (χ2n) is 6.04. The highest BCUT2D eigenvalue weighted by Crippen LogP contribution is 2.19. The lowest BCUT2D eigenvalue weighted by molar-refractivity contribution is -0.130. The number of carbonyl (C=O) groups is 2. The molecule has 1 aliphatic rings. The van der Waals surface area contributed by atoms with Crippen molar-refractivity contribution in [3.63, 3.8) is 0 Å². The van der Waals surface area contributed by atoms with E-state index in [0.29, 0.717) is 23.7 Å². The highest BCUT2D eigenvalue weighted by Gasteiger charge is 2.18. The number of carbonyl (C=O) groups excluding carboxylic acids is 2. The van der Waals surface area contributed by atoms with Crippen molar-refractivity contribution >= 4 is 34.1 Å². The van der Waals surface area contributed by atoms with Gasteiger partial charge in [0.25, 0.3) is 0 Å². The maximum absolute atomic E-state index is 12.1. The van der Waals surface area contributed by atoms with Gasteiger partial charge < -0.3 is 15.0 Å². The molecule has 0 bridgehead atoms. The quantitative estimate of drug-likeness (QED) is 0.812. The van der Waals surface area contributed by atoms with Crippen LogP contribution in [0.4, 0.5) is 15.6 Å². The lowest BCUT2D eigenvalue weighted by Gasteiger charge is -2.14. The van der Waals surface area contributed by atoms with Gasteiger partial charge in [0.1, 0.15) is 5.75 Å². The highest BCUT2D eigenvalue weighted by atomic mass is 32.1. The van der Waals surface area contributed by atoms with Crippen LogP contribution in [0.1, 0.15) is 25.0 Å². The normalized spacial score (nSPS) is 13.5. The van der Waals surface area contributed by atoms with E-state index < -0.39 is 0 Å². The standard InChI is InChI=1S/C18H22N4O3S/c1-25-15-7-4-13(5-8-15)19-17(24)21-18-20-14(12-26-18)6-9-16(23)22-10-2-3-11-22/h4-5,7-8,12H,2-3,6,9-11H2,1H3,(H2,19,20,21,24). The van der Waals surface area contributed by atoms with Crippen molar-refractivity contribution in [2.24, 2.45) is 0 Å². The largest absolute Gasteiger partial charge is 0.497 e. The summed E-state index contributed by atoms with van der Waals surface area (Å²) in [7, 11) is 1.59. The first-order chi connectivity index (χ1) is 12.6. The Labute approximate surface area is 156 Å². The lowest BCUT2D eigenvalue weighted by Crippen LogP contribution is -2.27. The Bertz CT molecular complexity index is 754. The van der Waals surface area contributed by atoms with E-state index in [1.54, 1.807) is 31.4 Å². The first-order valence-electron chi connectivity index (χ1n) is 8.58. The molecule has 1 aliphatic heterocycles. The van der Waals surface area contributed by atoms with Crippen LogP contribution in [-0.2, 0) is 11.2 Å². The lowest BCUT2D eigenvalue weighted by atomic mass is 10.2. The topological polar surface area (TPSA) is 83.6 Å². The average Bonchev–Trinajstić information content (AvgIpc) is 3.32. The Morgan fingerprint density at radius 3 is 2.62 bits per heavy atom. The number of methoxy groups -OCH3 is 1. The van der Waals surface area contributed by atoms with Crippen LogP contribution in [0, 0.1) is 0 Å². The maximum atomic E-state index is 12.1. The van der Waals surface area contributed by atoms with E-state index in [1.165, 1.54) is 11.3 Å². The molecule has 8 heteroatoms. The van der Waals surface area contributed by atoms with Gasteiger partial charge in [0.05, 0.1) is 12.8 Å². The van der Waals surface area contributed by atoms with Gasteiger partial charge in [-0.2, -0.15) is 0 Å². The molecule has 1 fully saturated rings. The van der Waals surface area contributed by atoms with E-state index in [9.17, 15) is 9.59 Å². The Morgan fingerprint density at radius 1 is 1.19 bits per heavy atom. The molecule has 7 nitrogen and oxygen atoms in total. The Hall–Kier alpha value is -2.61. The minimum Gasteiger partial charge on any atom is -0.497 e. The molecule has 2 aromatic rings. The summed E-state index contributed by atoms with van der Waals surface area (Å²) in [6, 6.07) is 6.71. The molecule has 0 atom stereocenters. The van der Waals surface area contributed by atoms with Crippen LogP contribution < -0.4 is 15.4 Å². The Kier molecular flexibility index (Phi) is 6.06. The monoisotopic (exact) mass is 374 g/mol. The Morgan fingerprint density at radius 2 is 1.92 bits per heavy atom. The molecule has 138 valence electrons. The minimum absolute atomic E-state index is 0.183. The van der Waals surface area contributed by atoms with Crippen LogP contribution >= 0.6 is 11.3 Å². The molecule has 1 aromatic heterocycles. The van der Waals surface area contributed by atoms with Gasteiger partial charge in [-0.3, -0.25) is 10.1 Å². The number of nitrogens with zero attached hydrogens (tertiary/aromatic N) is 2. The van der Waals surface area contributed by atoms with E-state index >= 15 is 0 Å². The number of urea groups is 1. The number of benzene rings is 1. The van der Waals surface area contributed by atoms with E-state index in [4.69, 9.17) is 4.74 Å². The number of likely N-dealkylation sites (tertiary alicyclic amines) is 1. The number of rotatable bonds is 6. The summed E-state index contributed by atoms with van der Waals surface area (Å²) in [6.45, 7) is 1.74. The third-order valence-electron chi connectivity index (χ3n) is 4.17. The molecule has 3 rings (SSSR count). The fourth-order valence-corrected chi connectivity index (χ4v) is 3.51. The summed E-state index contributed by atoms with van der Waals surface area (Å²) >= 11 is 1.35. The zero-order valence-corrected chi connectivity index (χ0v) is 15.5. The van der Waals surface area contributed by atoms with E-state index in [0.717, 1.165) is 37.4 Å². The number of hydrogen-bond acceptors (Lipinski definition) is 5. The smallest absolute Gasteiger partial charge is 0.325 e. The second-order valence-corrected chi connectivity index (χ2v) is 6.90. The van der Waals surface area contributed by atoms with Crippen LogP contribution in [0.15, 0.2) is 29.6 Å². The number of aromatic nitrogens is 1. The van der Waals surface area contributed by atoms with E-state index in [1.807, 2.05) is 10.3 Å². The van der Waals surface area contributed by atoms with Gasteiger partial charge in [-0.05, 0) is 43.5 Å². The molecule has 0 spiro atoms. The molecule has 0 unspecified atom stereocenters. The van der Waals surface area contributed by atoms with E-state index in [-0.39, 0.29) is 11.9 Å². The van der Waals surface area contributed by atoms with Gasteiger partial charge in [-0.1, -0.05) is 0 Å². The van der Waals surface area contributed by atoms with Crippen LogP contribution in [0.2, 0.25) is 0 Å². The number of anilines is 2. The summed E-state index contributed by atoms with van der Waals surface area (Å²) in [5.41, 5.74) is 1.48. The molecule has 2 heterocycles. The third kappa shape index (κ3) is 4.95. The third-order valence-corrected chi connectivity index (χ3v) is 4.98. The number of hydrogen-bond donors (Lipinski definition) is 2. The van der Waals surface area contributed by atoms with Crippen molar-refractivity contribution in [2.75, 3.05) is 30.8 Å². The predicted octanol–water partition coefficient (Wildman–Crippen LogP) is 3.35. The second kappa shape index (κ2) is 8.66. The molecule has 0 saturated carbocycles. The van der Waals surface area contributed by atoms with Gasteiger partial charge in [0.15, 0.2) is 5.13 Å². The number of nitrogens with one attached hydrogen (secondary N) is 2. The van der Waals surface area contributed by atoms with E-state index in [2.05, 4.69) is 15.6 Å². The summed E-state index contributed by atoms with van der Waals surface area (Å²) in [6.07, 6.45) is 3.24. The van der Waals surface area contributed by atoms with Gasteiger partial charge in [-0.25, -0.2) is 9.78 Å². The molecular weight excluding hydrogens is 352 g/mol. The van der Waals surface area contributed by atoms with Crippen molar-refractivity contribution in [3.05, 3.63) is 35.3 Å². The molecule has 26 heavy (non-hydrogen) atoms. The summed E-state index contributed by atoms with van der Waals surface area (Å²) in [4.78, 5) is 30.4. The maximum Gasteiger partial charge on any atom is 0.325 e. The van der Waals surface area contributed by atoms with Crippen molar-refractivity contribution in [1.29, 1.82) is 0 Å². The predicted molar refractivity (Wildman–Crippen MR) is 102 cm³/mol. The summed E-state index contributed by atoms with van der Waals surface area (Å²) < 4.78 is 5.08. The molecular formula is C18H22N4O3S. The molecule has 0 radical (unpaired) electrons. The zero-order chi connectivity index (χ0) is 18.4. The van der Waals surface area contributed by atoms with Crippen molar-refractivity contribution < 1.29 is 14.3 Å². The van der Waals surface area contributed by atoms with Crippen LogP contribution in [0.3, 0.4) is 0 Å². The van der Waals surface area contributed by atoms with Gasteiger partial charge in [-0.15, -0.1) is 11.3 Å². The van der Waals surface area contributed by atoms with Crippen LogP contribution in [0.5, 0.6) is 5.75 Å². The number of amides is 3. The SMILES string of the molecule is COc1ccc(NC(=O)Nc2nc(CCC(=O)N3CCCC3)cs2)cc1. The summed E-state index contributed by atoms with van der Waals surface area (Å²) in [5.74, 6) is 0.909. The molecule has 2 N–H and O–H groups in total. The first kappa shape index (κ1) is 18.2. The van der Waals surface area contributed by atoms with Crippen molar-refractivity contribution in [1.82, 2.24) is 9.88 Å². The molecule has 1 saturated heterocycles. The fourth-order valence-electron chi connectivity index (χ4n) is 2.77. The van der Waals surface area contributed by atoms with Crippen LogP contribution in [0.25, 0.3) is 0 Å². The van der Waals surface area contributed by atoms with Crippen molar-refractivity contribution in [3.8, 4) is 5.75 Å². The number of ether oxygens (including phenoxy) is 1. The summed E-state index contributed by atoms with van der Waals surface area (Å²) in [5, 5.41) is 7.84. The van der Waals surface area contributed by atoms with Gasteiger partial charge >= 0.3 is 6.03 Å². The number of aryl methyl sites for hydroxylation is 1. The zero-order valence-electron chi connectivity index (χ0n) is 14.7. The average molecular weight is 374 g/mol. The van der Waals surface area contributed by atoms with Crippen LogP contribution in [-0.4, -0.2) is 42.0 Å². The fraction of sp³-hybridized carbons (Fsp3) is 0.389.